The molecule has 2 aromatic rings. The number of nitrogens with one attached hydrogen (secondary N) is 1. The number of fused-ring (bicyclic) bond motifs is 1. The van der Waals surface area contributed by atoms with Crippen LogP contribution in [0.1, 0.15) is 41.8 Å². The number of nitrogens with zero attached hydrogens (tertiary/aromatic N) is 2. The van der Waals surface area contributed by atoms with Crippen molar-refractivity contribution in [2.45, 2.75) is 39.8 Å². The van der Waals surface area contributed by atoms with Crippen molar-refractivity contribution in [1.29, 1.82) is 0 Å². The molecule has 0 spiro atoms. The van der Waals surface area contributed by atoms with Gasteiger partial charge in [0.05, 0.1) is 43.1 Å². The molecule has 1 aromatic heterocycles. The number of benzene rings is 1. The third-order valence-electron chi connectivity index (χ3n) is 5.84. The second kappa shape index (κ2) is 11.0. The summed E-state index contributed by atoms with van der Waals surface area (Å²) in [5.41, 5.74) is 4.97. The van der Waals surface area contributed by atoms with Crippen molar-refractivity contribution in [2.24, 2.45) is 4.99 Å². The van der Waals surface area contributed by atoms with Crippen LogP contribution in [0.5, 0.6) is 0 Å². The van der Waals surface area contributed by atoms with Crippen molar-refractivity contribution in [2.75, 3.05) is 20.3 Å². The van der Waals surface area contributed by atoms with Crippen LogP contribution >= 0.6 is 11.8 Å². The average molecular weight is 496 g/mol. The summed E-state index contributed by atoms with van der Waals surface area (Å²) < 4.78 is 15.9. The van der Waals surface area contributed by atoms with E-state index in [9.17, 15) is 9.59 Å². The molecule has 8 nitrogen and oxygen atoms in total. The van der Waals surface area contributed by atoms with Crippen molar-refractivity contribution in [3.05, 3.63) is 81.4 Å². The lowest BCUT2D eigenvalue weighted by atomic mass is 9.90. The largest absolute Gasteiger partial charge is 0.467 e. The van der Waals surface area contributed by atoms with Gasteiger partial charge in [-0.1, -0.05) is 35.5 Å². The van der Waals surface area contributed by atoms with E-state index in [-0.39, 0.29) is 18.9 Å². The van der Waals surface area contributed by atoms with Gasteiger partial charge in [-0.3, -0.25) is 4.79 Å². The first-order valence-corrected chi connectivity index (χ1v) is 12.2. The fraction of sp³-hybridized carbons (Fsp3) is 0.346. The predicted octanol–water partition coefficient (Wildman–Crippen LogP) is 4.37. The number of rotatable bonds is 9. The summed E-state index contributed by atoms with van der Waals surface area (Å²) in [6, 6.07) is 9.28. The van der Waals surface area contributed by atoms with Crippen molar-refractivity contribution in [3.8, 4) is 0 Å². The van der Waals surface area contributed by atoms with Gasteiger partial charge < -0.3 is 24.1 Å². The van der Waals surface area contributed by atoms with E-state index in [0.717, 1.165) is 27.6 Å². The molecule has 2 aliphatic heterocycles. The molecule has 0 bridgehead atoms. The Hall–Kier alpha value is -3.30. The van der Waals surface area contributed by atoms with Crippen LogP contribution in [-0.4, -0.2) is 42.3 Å². The number of carbonyl (C=O) groups is 2. The van der Waals surface area contributed by atoms with E-state index in [1.165, 1.54) is 11.8 Å². The normalized spacial score (nSPS) is 17.1. The molecule has 1 aromatic carbocycles. The zero-order valence-electron chi connectivity index (χ0n) is 20.3. The van der Waals surface area contributed by atoms with E-state index in [4.69, 9.17) is 18.9 Å². The van der Waals surface area contributed by atoms with Gasteiger partial charge in [0.1, 0.15) is 12.4 Å². The Balaban J connectivity index is 1.64. The number of carbonyl (C=O) groups excluding carboxylic acids is 2. The topological polar surface area (TPSA) is 93.4 Å². The summed E-state index contributed by atoms with van der Waals surface area (Å²) in [6.07, 6.45) is 1.71. The quantitative estimate of drug-likeness (QED) is 0.408. The van der Waals surface area contributed by atoms with E-state index in [0.29, 0.717) is 30.2 Å². The Morgan fingerprint density at radius 2 is 2.03 bits per heavy atom. The molecule has 0 saturated carbocycles. The number of hydrogen-bond donors (Lipinski definition) is 1. The third-order valence-corrected chi connectivity index (χ3v) is 6.73. The van der Waals surface area contributed by atoms with E-state index >= 15 is 0 Å². The number of hydrogen-bond acceptors (Lipinski definition) is 8. The van der Waals surface area contributed by atoms with Gasteiger partial charge in [-0.25, -0.2) is 9.79 Å². The molecule has 1 unspecified atom stereocenters. The Morgan fingerprint density at radius 3 is 2.74 bits per heavy atom. The minimum absolute atomic E-state index is 0.138. The van der Waals surface area contributed by atoms with Gasteiger partial charge >= 0.3 is 5.97 Å². The Bertz CT molecular complexity index is 1200. The van der Waals surface area contributed by atoms with E-state index in [1.807, 2.05) is 49.3 Å². The molecule has 0 aliphatic carbocycles. The Morgan fingerprint density at radius 1 is 1.20 bits per heavy atom. The molecule has 0 saturated heterocycles. The van der Waals surface area contributed by atoms with Crippen LogP contribution in [0.25, 0.3) is 0 Å². The molecular formula is C26H29N3O5S. The fourth-order valence-electron chi connectivity index (χ4n) is 4.18. The molecule has 1 amide bonds. The second-order valence-electron chi connectivity index (χ2n) is 8.41. The van der Waals surface area contributed by atoms with Gasteiger partial charge in [0.25, 0.3) is 0 Å². The number of amidine groups is 1. The number of aryl methyl sites for hydroxylation is 2. The number of ether oxygens (including phenoxy) is 2. The lowest BCUT2D eigenvalue weighted by Gasteiger charge is -2.37. The number of aliphatic imine (C=N–C) groups is 1. The first-order valence-electron chi connectivity index (χ1n) is 11.4. The fourth-order valence-corrected chi connectivity index (χ4v) is 5.14. The van der Waals surface area contributed by atoms with Crippen LogP contribution < -0.4 is 5.32 Å². The zero-order valence-corrected chi connectivity index (χ0v) is 21.1. The van der Waals surface area contributed by atoms with Crippen LogP contribution in [0.2, 0.25) is 0 Å². The van der Waals surface area contributed by atoms with Gasteiger partial charge in [0.15, 0.2) is 5.17 Å². The molecule has 2 aliphatic rings. The molecular weight excluding hydrogens is 466 g/mol. The monoisotopic (exact) mass is 495 g/mol. The molecule has 35 heavy (non-hydrogen) atoms. The molecule has 9 heteroatoms. The highest BCUT2D eigenvalue weighted by molar-refractivity contribution is 8.16. The first kappa shape index (κ1) is 24.8. The second-order valence-corrected chi connectivity index (χ2v) is 9.25. The van der Waals surface area contributed by atoms with Crippen LogP contribution in [0.15, 0.2) is 68.4 Å². The summed E-state index contributed by atoms with van der Waals surface area (Å²) >= 11 is 1.45. The minimum Gasteiger partial charge on any atom is -0.467 e. The molecule has 1 N–H and O–H groups in total. The minimum atomic E-state index is -0.461. The molecule has 0 fully saturated rings. The lowest BCUT2D eigenvalue weighted by Crippen LogP contribution is -2.38. The summed E-state index contributed by atoms with van der Waals surface area (Å²) in [4.78, 5) is 32.7. The summed E-state index contributed by atoms with van der Waals surface area (Å²) in [5.74, 6) is 0.0939. The Labute approximate surface area is 209 Å². The van der Waals surface area contributed by atoms with Crippen molar-refractivity contribution in [3.63, 3.8) is 0 Å². The molecule has 0 radical (unpaired) electrons. The zero-order chi connectivity index (χ0) is 24.9. The van der Waals surface area contributed by atoms with Crippen molar-refractivity contribution >= 4 is 28.8 Å². The average Bonchev–Trinajstić information content (AvgIpc) is 3.47. The third kappa shape index (κ3) is 5.52. The maximum Gasteiger partial charge on any atom is 0.338 e. The van der Waals surface area contributed by atoms with Gasteiger partial charge in [0, 0.05) is 12.8 Å². The van der Waals surface area contributed by atoms with Gasteiger partial charge in [-0.2, -0.15) is 0 Å². The molecule has 3 heterocycles. The van der Waals surface area contributed by atoms with Crippen molar-refractivity contribution in [1.82, 2.24) is 10.2 Å². The van der Waals surface area contributed by atoms with Gasteiger partial charge in [-0.05, 0) is 49.4 Å². The number of thioether (sulfide) groups is 1. The highest BCUT2D eigenvalue weighted by Gasteiger charge is 2.41. The van der Waals surface area contributed by atoms with Crippen LogP contribution in [-0.2, 0) is 25.6 Å². The SMILES string of the molecule is COCCOC(=O)C1=C(C)N=C2SC=C(CC(=O)NCc3ccco3)N2C1c1ccc(C)cc1C. The Kier molecular flexibility index (Phi) is 7.77. The first-order chi connectivity index (χ1) is 16.9. The number of methoxy groups -OCH3 is 1. The highest BCUT2D eigenvalue weighted by Crippen LogP contribution is 2.45. The van der Waals surface area contributed by atoms with Gasteiger partial charge in [-0.15, -0.1) is 0 Å². The van der Waals surface area contributed by atoms with Crippen LogP contribution in [0.3, 0.4) is 0 Å². The van der Waals surface area contributed by atoms with E-state index in [2.05, 4.69) is 11.4 Å². The number of esters is 1. The summed E-state index contributed by atoms with van der Waals surface area (Å²) in [6.45, 7) is 6.65. The summed E-state index contributed by atoms with van der Waals surface area (Å²) in [5, 5.41) is 5.55. The molecule has 4 rings (SSSR count). The number of furan rings is 1. The maximum atomic E-state index is 13.2. The molecule has 1 atom stereocenters. The lowest BCUT2D eigenvalue weighted by molar-refractivity contribution is -0.141. The predicted molar refractivity (Wildman–Crippen MR) is 134 cm³/mol. The number of allylic oxidation sites excluding steroid dienone is 1. The van der Waals surface area contributed by atoms with Gasteiger partial charge in [0.2, 0.25) is 5.91 Å². The highest BCUT2D eigenvalue weighted by atomic mass is 32.2. The van der Waals surface area contributed by atoms with Crippen LogP contribution in [0, 0.1) is 13.8 Å². The maximum absolute atomic E-state index is 13.2. The van der Waals surface area contributed by atoms with E-state index in [1.54, 1.807) is 19.4 Å². The standard InChI is InChI=1S/C26H29N3O5S/c1-16-7-8-21(17(2)12-16)24-23(25(31)34-11-10-32-4)18(3)28-26-29(24)19(15-35-26)13-22(30)27-14-20-6-5-9-33-20/h5-9,12,15,24H,10-11,13-14H2,1-4H3,(H,27,30). The van der Waals surface area contributed by atoms with E-state index < -0.39 is 12.0 Å². The summed E-state index contributed by atoms with van der Waals surface area (Å²) in [7, 11) is 1.56. The molecule has 184 valence electrons. The van der Waals surface area contributed by atoms with Crippen molar-refractivity contribution < 1.29 is 23.5 Å². The number of amides is 1. The smallest absolute Gasteiger partial charge is 0.338 e. The van der Waals surface area contributed by atoms with Crippen LogP contribution in [0.4, 0.5) is 0 Å².